The van der Waals surface area contributed by atoms with E-state index in [1.807, 2.05) is 0 Å². The maximum atomic E-state index is 10.8. The number of carbonyl (C=O) groups is 1. The molecule has 64 valence electrons. The molecule has 0 aromatic carbocycles. The van der Waals surface area contributed by atoms with Crippen LogP contribution in [0.1, 0.15) is 0 Å². The van der Waals surface area contributed by atoms with Gasteiger partial charge in [0, 0.05) is 7.05 Å². The average Bonchev–Trinajstić information content (AvgIpc) is 2.28. The molecule has 5 heteroatoms. The normalized spacial score (nSPS) is 24.0. The highest BCUT2D eigenvalue weighted by Crippen LogP contribution is 2.06. The quantitative estimate of drug-likeness (QED) is 0.570. The first-order chi connectivity index (χ1) is 5.24. The van der Waals surface area contributed by atoms with E-state index in [0.717, 1.165) is 0 Å². The molecule has 0 radical (unpaired) electrons. The minimum absolute atomic E-state index is 0.0903. The third-order valence-electron chi connectivity index (χ3n) is 1.51. The van der Waals surface area contributed by atoms with Crippen molar-refractivity contribution in [1.82, 2.24) is 10.4 Å². The van der Waals surface area contributed by atoms with Gasteiger partial charge >= 0.3 is 6.09 Å². The van der Waals surface area contributed by atoms with E-state index in [4.69, 9.17) is 4.74 Å². The van der Waals surface area contributed by atoms with Crippen molar-refractivity contribution in [3.63, 3.8) is 0 Å². The zero-order valence-electron chi connectivity index (χ0n) is 6.66. The van der Waals surface area contributed by atoms with Crippen molar-refractivity contribution < 1.29 is 14.4 Å². The summed E-state index contributed by atoms with van der Waals surface area (Å²) in [4.78, 5) is 16.9. The highest BCUT2D eigenvalue weighted by Gasteiger charge is 2.27. The Kier molecular flexibility index (Phi) is 2.67. The van der Waals surface area contributed by atoms with Gasteiger partial charge in [0.15, 0.2) is 0 Å². The van der Waals surface area contributed by atoms with Gasteiger partial charge in [-0.2, -0.15) is 5.48 Å². The minimum atomic E-state index is -0.270. The second-order valence-corrected chi connectivity index (χ2v) is 2.44. The van der Waals surface area contributed by atoms with Crippen LogP contribution in [0, 0.1) is 0 Å². The van der Waals surface area contributed by atoms with Crippen LogP contribution in [-0.4, -0.2) is 44.3 Å². The fourth-order valence-corrected chi connectivity index (χ4v) is 0.932. The molecule has 0 spiro atoms. The summed E-state index contributed by atoms with van der Waals surface area (Å²) >= 11 is 0. The highest BCUT2D eigenvalue weighted by atomic mass is 16.6. The summed E-state index contributed by atoms with van der Waals surface area (Å²) in [7, 11) is 3.23. The highest BCUT2D eigenvalue weighted by molar-refractivity contribution is 5.69. The van der Waals surface area contributed by atoms with Crippen LogP contribution < -0.4 is 5.48 Å². The summed E-state index contributed by atoms with van der Waals surface area (Å²) in [6.45, 7) is 1.15. The smallest absolute Gasteiger partial charge is 0.410 e. The van der Waals surface area contributed by atoms with E-state index < -0.39 is 0 Å². The summed E-state index contributed by atoms with van der Waals surface area (Å²) in [6, 6.07) is 0. The van der Waals surface area contributed by atoms with Gasteiger partial charge in [-0.05, 0) is 0 Å². The van der Waals surface area contributed by atoms with Gasteiger partial charge in [0.1, 0.15) is 6.10 Å². The molecule has 1 amide bonds. The van der Waals surface area contributed by atoms with Crippen molar-refractivity contribution in [2.45, 2.75) is 6.10 Å². The third-order valence-corrected chi connectivity index (χ3v) is 1.51. The van der Waals surface area contributed by atoms with Crippen LogP contribution in [0.5, 0.6) is 0 Å². The fraction of sp³-hybridized carbons (Fsp3) is 0.833. The van der Waals surface area contributed by atoms with Crippen molar-refractivity contribution >= 4 is 6.09 Å². The zero-order valence-corrected chi connectivity index (χ0v) is 6.66. The van der Waals surface area contributed by atoms with Gasteiger partial charge < -0.3 is 14.5 Å². The molecule has 1 rings (SSSR count). The first kappa shape index (κ1) is 8.29. The molecular formula is C6H12N2O3. The van der Waals surface area contributed by atoms with Crippen molar-refractivity contribution in [2.24, 2.45) is 0 Å². The van der Waals surface area contributed by atoms with E-state index >= 15 is 0 Å². The Hall–Kier alpha value is -0.810. The van der Waals surface area contributed by atoms with Gasteiger partial charge in [-0.15, -0.1) is 0 Å². The van der Waals surface area contributed by atoms with E-state index in [-0.39, 0.29) is 12.2 Å². The monoisotopic (exact) mass is 160 g/mol. The van der Waals surface area contributed by atoms with Gasteiger partial charge in [-0.3, -0.25) is 0 Å². The second-order valence-electron chi connectivity index (χ2n) is 2.44. The van der Waals surface area contributed by atoms with Crippen LogP contribution in [-0.2, 0) is 9.57 Å². The molecule has 1 heterocycles. The number of cyclic esters (lactones) is 1. The van der Waals surface area contributed by atoms with Crippen LogP contribution in [0.25, 0.3) is 0 Å². The molecule has 1 saturated heterocycles. The Balaban J connectivity index is 2.24. The Morgan fingerprint density at radius 1 is 1.91 bits per heavy atom. The molecule has 11 heavy (non-hydrogen) atoms. The molecule has 0 bridgehead atoms. The molecule has 1 unspecified atom stereocenters. The van der Waals surface area contributed by atoms with E-state index in [0.29, 0.717) is 13.1 Å². The lowest BCUT2D eigenvalue weighted by Crippen LogP contribution is -2.29. The lowest BCUT2D eigenvalue weighted by molar-refractivity contribution is 0.0551. The zero-order chi connectivity index (χ0) is 8.27. The molecule has 0 aromatic rings. The Morgan fingerprint density at radius 3 is 3.09 bits per heavy atom. The second kappa shape index (κ2) is 3.54. The third kappa shape index (κ3) is 2.06. The van der Waals surface area contributed by atoms with Gasteiger partial charge in [0.2, 0.25) is 0 Å². The summed E-state index contributed by atoms with van der Waals surface area (Å²) in [6.07, 6.45) is -0.361. The molecule has 5 nitrogen and oxygen atoms in total. The van der Waals surface area contributed by atoms with Gasteiger partial charge in [0.25, 0.3) is 0 Å². The number of hydrogen-bond acceptors (Lipinski definition) is 4. The molecule has 1 N–H and O–H groups in total. The Bertz CT molecular complexity index is 151. The molecule has 0 aromatic heterocycles. The number of ether oxygens (including phenoxy) is 1. The van der Waals surface area contributed by atoms with E-state index in [1.54, 1.807) is 7.05 Å². The topological polar surface area (TPSA) is 50.8 Å². The summed E-state index contributed by atoms with van der Waals surface area (Å²) in [5.41, 5.74) is 2.63. The number of nitrogens with one attached hydrogen (secondary N) is 1. The minimum Gasteiger partial charge on any atom is -0.443 e. The predicted octanol–water partition coefficient (Wildman–Crippen LogP) is -0.412. The van der Waals surface area contributed by atoms with Crippen molar-refractivity contribution in [3.05, 3.63) is 0 Å². The predicted molar refractivity (Wildman–Crippen MR) is 37.9 cm³/mol. The Morgan fingerprint density at radius 2 is 2.64 bits per heavy atom. The van der Waals surface area contributed by atoms with Crippen molar-refractivity contribution in [1.29, 1.82) is 0 Å². The molecule has 1 fully saturated rings. The number of rotatable bonds is 3. The maximum absolute atomic E-state index is 10.8. The van der Waals surface area contributed by atoms with E-state index in [2.05, 4.69) is 10.3 Å². The largest absolute Gasteiger partial charge is 0.443 e. The number of hydroxylamine groups is 1. The van der Waals surface area contributed by atoms with Crippen LogP contribution >= 0.6 is 0 Å². The average molecular weight is 160 g/mol. The summed E-state index contributed by atoms with van der Waals surface area (Å²) < 4.78 is 4.92. The fourth-order valence-electron chi connectivity index (χ4n) is 0.932. The molecule has 1 aliphatic rings. The van der Waals surface area contributed by atoms with E-state index in [1.165, 1.54) is 12.0 Å². The first-order valence-corrected chi connectivity index (χ1v) is 3.41. The number of amides is 1. The summed E-state index contributed by atoms with van der Waals surface area (Å²) in [5.74, 6) is 0. The van der Waals surface area contributed by atoms with Crippen molar-refractivity contribution in [2.75, 3.05) is 27.2 Å². The van der Waals surface area contributed by atoms with Gasteiger partial charge in [0.05, 0.1) is 20.2 Å². The lowest BCUT2D eigenvalue weighted by atomic mass is 10.4. The summed E-state index contributed by atoms with van der Waals surface area (Å²) in [5, 5.41) is 0. The molecular weight excluding hydrogens is 148 g/mol. The molecule has 0 aliphatic carbocycles. The molecule has 0 saturated carbocycles. The van der Waals surface area contributed by atoms with Crippen molar-refractivity contribution in [3.8, 4) is 0 Å². The number of hydrogen-bond donors (Lipinski definition) is 1. The lowest BCUT2D eigenvalue weighted by Gasteiger charge is -2.06. The SMILES string of the molecule is CONCC1CN(C)C(=O)O1. The number of likely N-dealkylation sites (N-methyl/N-ethyl adjacent to an activating group) is 1. The molecule has 1 aliphatic heterocycles. The standard InChI is InChI=1S/C6H12N2O3/c1-8-4-5(3-7-10-2)11-6(8)9/h5,7H,3-4H2,1-2H3. The van der Waals surface area contributed by atoms with Crippen LogP contribution in [0.4, 0.5) is 4.79 Å². The number of carbonyl (C=O) groups excluding carboxylic acids is 1. The molecule has 1 atom stereocenters. The Labute approximate surface area is 65.2 Å². The van der Waals surface area contributed by atoms with Crippen LogP contribution in [0.3, 0.4) is 0 Å². The van der Waals surface area contributed by atoms with E-state index in [9.17, 15) is 4.79 Å². The van der Waals surface area contributed by atoms with Crippen LogP contribution in [0.2, 0.25) is 0 Å². The number of nitrogens with zero attached hydrogens (tertiary/aromatic N) is 1. The maximum Gasteiger partial charge on any atom is 0.410 e. The van der Waals surface area contributed by atoms with Gasteiger partial charge in [-0.25, -0.2) is 4.79 Å². The van der Waals surface area contributed by atoms with Gasteiger partial charge in [-0.1, -0.05) is 0 Å². The van der Waals surface area contributed by atoms with Crippen LogP contribution in [0.15, 0.2) is 0 Å². The first-order valence-electron chi connectivity index (χ1n) is 3.41.